The summed E-state index contributed by atoms with van der Waals surface area (Å²) < 4.78 is 3.74. The van der Waals surface area contributed by atoms with Gasteiger partial charge in [-0.15, -0.1) is 0 Å². The largest absolute Gasteiger partial charge is 0.481 e. The Hall–Kier alpha value is -2.97. The fourth-order valence-electron chi connectivity index (χ4n) is 3.97. The molecule has 0 unspecified atom stereocenters. The number of fused-ring (bicyclic) bond motifs is 1. The van der Waals surface area contributed by atoms with Crippen LogP contribution in [0.5, 0.6) is 0 Å². The fraction of sp³-hybridized carbons (Fsp3) is 0.458. The maximum absolute atomic E-state index is 12.2. The number of hydrogen-bond donors (Lipinski definition) is 2. The van der Waals surface area contributed by atoms with Crippen LogP contribution in [0.4, 0.5) is 0 Å². The van der Waals surface area contributed by atoms with Gasteiger partial charge in [0.05, 0.1) is 23.1 Å². The number of imidazole rings is 1. The van der Waals surface area contributed by atoms with E-state index >= 15 is 0 Å². The minimum atomic E-state index is -0.985. The molecule has 0 aliphatic carbocycles. The van der Waals surface area contributed by atoms with Gasteiger partial charge in [0.2, 0.25) is 0 Å². The monoisotopic (exact) mass is 440 g/mol. The summed E-state index contributed by atoms with van der Waals surface area (Å²) in [5, 5.41) is 19.1. The van der Waals surface area contributed by atoms with Gasteiger partial charge in [-0.1, -0.05) is 6.07 Å². The zero-order valence-corrected chi connectivity index (χ0v) is 19.4. The molecule has 0 spiro atoms. The third-order valence-electron chi connectivity index (χ3n) is 5.85. The highest BCUT2D eigenvalue weighted by Crippen LogP contribution is 2.26. The molecule has 8 heteroatoms. The van der Waals surface area contributed by atoms with Gasteiger partial charge in [0, 0.05) is 37.5 Å². The number of benzene rings is 1. The molecule has 8 nitrogen and oxygen atoms in total. The molecule has 0 amide bonds. The Kier molecular flexibility index (Phi) is 7.16. The average molecular weight is 441 g/mol. The van der Waals surface area contributed by atoms with Gasteiger partial charge in [0.1, 0.15) is 5.82 Å². The van der Waals surface area contributed by atoms with E-state index in [0.717, 1.165) is 41.1 Å². The minimum Gasteiger partial charge on any atom is -0.481 e. The molecule has 0 aliphatic rings. The first-order valence-electron chi connectivity index (χ1n) is 10.8. The van der Waals surface area contributed by atoms with Crippen molar-refractivity contribution in [3.63, 3.8) is 0 Å². The van der Waals surface area contributed by atoms with E-state index in [1.807, 2.05) is 44.6 Å². The number of rotatable bonds is 9. The fourth-order valence-corrected chi connectivity index (χ4v) is 3.97. The van der Waals surface area contributed by atoms with Gasteiger partial charge >= 0.3 is 5.97 Å². The highest BCUT2D eigenvalue weighted by Gasteiger charge is 2.23. The maximum atomic E-state index is 12.2. The second kappa shape index (κ2) is 9.67. The number of aromatic nitrogens is 3. The summed E-state index contributed by atoms with van der Waals surface area (Å²) in [6.45, 7) is 4.89. The van der Waals surface area contributed by atoms with Crippen LogP contribution in [0.3, 0.4) is 0 Å². The van der Waals surface area contributed by atoms with Crippen LogP contribution in [0, 0.1) is 12.8 Å². The van der Waals surface area contributed by atoms with Crippen molar-refractivity contribution in [2.75, 3.05) is 20.6 Å². The Labute approximate surface area is 187 Å². The van der Waals surface area contributed by atoms with Crippen molar-refractivity contribution >= 4 is 17.0 Å². The first kappa shape index (κ1) is 23.7. The predicted molar refractivity (Wildman–Crippen MR) is 125 cm³/mol. The SMILES string of the molecule is Cc1cc(-c2nc3cc(CC[C@H](C(=O)O)[C@@H](C)O)ccc3n2CCN(C)C)cn(C)c1=O. The van der Waals surface area contributed by atoms with Crippen molar-refractivity contribution in [2.45, 2.75) is 39.3 Å². The van der Waals surface area contributed by atoms with Gasteiger partial charge < -0.3 is 24.2 Å². The van der Waals surface area contributed by atoms with Crippen molar-refractivity contribution in [1.82, 2.24) is 19.0 Å². The molecular weight excluding hydrogens is 408 g/mol. The second-order valence-electron chi connectivity index (χ2n) is 8.77. The minimum absolute atomic E-state index is 0.0296. The van der Waals surface area contributed by atoms with Crippen molar-refractivity contribution in [3.05, 3.63) is 51.9 Å². The van der Waals surface area contributed by atoms with Crippen LogP contribution in [-0.2, 0) is 24.8 Å². The number of carboxylic acid groups (broad SMARTS) is 1. The quantitative estimate of drug-likeness (QED) is 0.530. The normalized spacial score (nSPS) is 13.6. The highest BCUT2D eigenvalue weighted by atomic mass is 16.4. The van der Waals surface area contributed by atoms with Crippen LogP contribution in [0.1, 0.15) is 24.5 Å². The number of aliphatic hydroxyl groups is 1. The van der Waals surface area contributed by atoms with Crippen LogP contribution in [-0.4, -0.2) is 61.9 Å². The molecule has 2 heterocycles. The summed E-state index contributed by atoms with van der Waals surface area (Å²) in [6.07, 6.45) is 1.80. The number of hydrogen-bond acceptors (Lipinski definition) is 5. The van der Waals surface area contributed by atoms with E-state index in [-0.39, 0.29) is 5.56 Å². The average Bonchev–Trinajstić information content (AvgIpc) is 3.07. The standard InChI is InChI=1S/C24H32N4O4/c1-15-12-18(14-27(5)23(15)30)22-25-20-13-17(6-8-19(16(2)29)24(31)32)7-9-21(20)28(22)11-10-26(3)4/h7,9,12-14,16,19,29H,6,8,10-11H2,1-5H3,(H,31,32)/t16-,19+/m1/s1. The molecular formula is C24H32N4O4. The van der Waals surface area contributed by atoms with Crippen molar-refractivity contribution < 1.29 is 15.0 Å². The van der Waals surface area contributed by atoms with E-state index in [2.05, 4.69) is 9.47 Å². The number of aliphatic hydroxyl groups excluding tert-OH is 1. The Morgan fingerprint density at radius 1 is 1.25 bits per heavy atom. The predicted octanol–water partition coefficient (Wildman–Crippen LogP) is 2.29. The molecule has 2 aromatic heterocycles. The van der Waals surface area contributed by atoms with Gasteiger partial charge in [-0.2, -0.15) is 0 Å². The van der Waals surface area contributed by atoms with Crippen LogP contribution in [0.25, 0.3) is 22.4 Å². The van der Waals surface area contributed by atoms with Gasteiger partial charge in [-0.05, 0) is 64.5 Å². The van der Waals surface area contributed by atoms with Crippen molar-refractivity contribution in [3.8, 4) is 11.4 Å². The molecule has 32 heavy (non-hydrogen) atoms. The van der Waals surface area contributed by atoms with E-state index in [1.54, 1.807) is 18.5 Å². The lowest BCUT2D eigenvalue weighted by molar-refractivity contribution is -0.145. The number of pyridine rings is 1. The van der Waals surface area contributed by atoms with Gasteiger partial charge in [0.15, 0.2) is 0 Å². The molecule has 0 bridgehead atoms. The smallest absolute Gasteiger partial charge is 0.309 e. The topological polar surface area (TPSA) is 101 Å². The Bertz CT molecular complexity index is 1150. The van der Waals surface area contributed by atoms with E-state index < -0.39 is 18.0 Å². The van der Waals surface area contributed by atoms with Crippen LogP contribution in [0.2, 0.25) is 0 Å². The summed E-state index contributed by atoms with van der Waals surface area (Å²) in [7, 11) is 5.79. The van der Waals surface area contributed by atoms with E-state index in [1.165, 1.54) is 6.92 Å². The molecule has 3 aromatic rings. The van der Waals surface area contributed by atoms with Crippen LogP contribution >= 0.6 is 0 Å². The van der Waals surface area contributed by atoms with Gasteiger partial charge in [-0.3, -0.25) is 9.59 Å². The summed E-state index contributed by atoms with van der Waals surface area (Å²) >= 11 is 0. The second-order valence-corrected chi connectivity index (χ2v) is 8.77. The Balaban J connectivity index is 2.02. The molecule has 2 atom stereocenters. The summed E-state index contributed by atoms with van der Waals surface area (Å²) in [6, 6.07) is 7.87. The van der Waals surface area contributed by atoms with E-state index in [0.29, 0.717) is 18.4 Å². The van der Waals surface area contributed by atoms with Gasteiger partial charge in [-0.25, -0.2) is 4.98 Å². The first-order chi connectivity index (χ1) is 15.1. The first-order valence-corrected chi connectivity index (χ1v) is 10.8. The van der Waals surface area contributed by atoms with Crippen molar-refractivity contribution in [1.29, 1.82) is 0 Å². The third-order valence-corrected chi connectivity index (χ3v) is 5.85. The highest BCUT2D eigenvalue weighted by molar-refractivity contribution is 5.81. The number of carboxylic acids is 1. The molecule has 1 aromatic carbocycles. The number of aliphatic carboxylic acids is 1. The summed E-state index contributed by atoms with van der Waals surface area (Å²) in [4.78, 5) is 30.5. The number of aryl methyl sites for hydroxylation is 3. The molecule has 0 aliphatic heterocycles. The zero-order valence-electron chi connectivity index (χ0n) is 19.4. The zero-order chi connectivity index (χ0) is 23.6. The molecule has 0 saturated heterocycles. The number of carbonyl (C=O) groups is 1. The molecule has 0 fully saturated rings. The van der Waals surface area contributed by atoms with Gasteiger partial charge in [0.25, 0.3) is 5.56 Å². The lowest BCUT2D eigenvalue weighted by atomic mass is 9.95. The van der Waals surface area contributed by atoms with E-state index in [9.17, 15) is 19.8 Å². The van der Waals surface area contributed by atoms with Crippen LogP contribution in [0.15, 0.2) is 35.3 Å². The van der Waals surface area contributed by atoms with E-state index in [4.69, 9.17) is 4.98 Å². The summed E-state index contributed by atoms with van der Waals surface area (Å²) in [5.41, 5.74) is 4.30. The number of likely N-dealkylation sites (N-methyl/N-ethyl adjacent to an activating group) is 1. The number of nitrogens with zero attached hydrogens (tertiary/aromatic N) is 4. The lowest BCUT2D eigenvalue weighted by Crippen LogP contribution is -2.26. The molecule has 3 rings (SSSR count). The van der Waals surface area contributed by atoms with Crippen molar-refractivity contribution in [2.24, 2.45) is 13.0 Å². The van der Waals surface area contributed by atoms with Crippen LogP contribution < -0.4 is 5.56 Å². The molecule has 0 saturated carbocycles. The molecule has 0 radical (unpaired) electrons. The summed E-state index contributed by atoms with van der Waals surface area (Å²) in [5.74, 6) is -0.987. The maximum Gasteiger partial charge on any atom is 0.309 e. The molecule has 172 valence electrons. The Morgan fingerprint density at radius 2 is 1.97 bits per heavy atom. The lowest BCUT2D eigenvalue weighted by Gasteiger charge is -2.15. The Morgan fingerprint density at radius 3 is 2.56 bits per heavy atom. The third kappa shape index (κ3) is 5.08. The molecule has 2 N–H and O–H groups in total.